The molecule has 0 spiro atoms. The van der Waals surface area contributed by atoms with Gasteiger partial charge in [-0.2, -0.15) is 0 Å². The first-order valence-electron chi connectivity index (χ1n) is 7.09. The van der Waals surface area contributed by atoms with Gasteiger partial charge >= 0.3 is 5.97 Å². The van der Waals surface area contributed by atoms with Crippen LogP contribution in [0.4, 0.5) is 11.4 Å². The summed E-state index contributed by atoms with van der Waals surface area (Å²) in [6.45, 7) is 7.40. The van der Waals surface area contributed by atoms with E-state index in [9.17, 15) is 9.90 Å². The molecule has 0 atom stereocenters. The van der Waals surface area contributed by atoms with E-state index < -0.39 is 11.6 Å². The third-order valence-corrected chi connectivity index (χ3v) is 3.60. The van der Waals surface area contributed by atoms with Gasteiger partial charge in [0.05, 0.1) is 22.5 Å². The zero-order chi connectivity index (χ0) is 15.6. The van der Waals surface area contributed by atoms with Crippen molar-refractivity contribution < 1.29 is 15.0 Å². The largest absolute Gasteiger partial charge is 0.478 e. The minimum atomic E-state index is -0.947. The van der Waals surface area contributed by atoms with E-state index in [-0.39, 0.29) is 5.56 Å². The van der Waals surface area contributed by atoms with Crippen LogP contribution in [0, 0.1) is 0 Å². The molecule has 1 heterocycles. The maximum Gasteiger partial charge on any atom is 0.335 e. The lowest BCUT2D eigenvalue weighted by molar-refractivity contribution is 0.0345. The molecule has 0 aromatic heterocycles. The molecule has 0 radical (unpaired) electrons. The van der Waals surface area contributed by atoms with E-state index >= 15 is 0 Å². The summed E-state index contributed by atoms with van der Waals surface area (Å²) >= 11 is 0. The van der Waals surface area contributed by atoms with E-state index in [0.29, 0.717) is 12.2 Å². The Morgan fingerprint density at radius 3 is 2.43 bits per heavy atom. The van der Waals surface area contributed by atoms with Crippen molar-refractivity contribution in [2.24, 2.45) is 0 Å². The number of rotatable bonds is 4. The van der Waals surface area contributed by atoms with Gasteiger partial charge in [-0.25, -0.2) is 4.79 Å². The zero-order valence-electron chi connectivity index (χ0n) is 12.5. The van der Waals surface area contributed by atoms with Crippen LogP contribution in [0.15, 0.2) is 18.2 Å². The Morgan fingerprint density at radius 1 is 1.29 bits per heavy atom. The number of nitrogens with two attached hydrogens (primary N) is 1. The van der Waals surface area contributed by atoms with Crippen LogP contribution in [-0.2, 0) is 0 Å². The molecule has 116 valence electrons. The Bertz CT molecular complexity index is 517. The van der Waals surface area contributed by atoms with Crippen LogP contribution >= 0.6 is 0 Å². The summed E-state index contributed by atoms with van der Waals surface area (Å²) in [5, 5.41) is 18.9. The topological polar surface area (TPSA) is 90.0 Å². The van der Waals surface area contributed by atoms with E-state index in [1.54, 1.807) is 26.0 Å². The minimum absolute atomic E-state index is 0.248. The number of benzene rings is 1. The first-order valence-corrected chi connectivity index (χ1v) is 7.09. The molecular formula is C15H23N3O3. The number of carboxylic acid groups (broad SMARTS) is 1. The van der Waals surface area contributed by atoms with Crippen LogP contribution in [0.25, 0.3) is 0 Å². The second-order valence-corrected chi connectivity index (χ2v) is 6.15. The lowest BCUT2D eigenvalue weighted by Crippen LogP contribution is -2.50. The van der Waals surface area contributed by atoms with Crippen molar-refractivity contribution >= 4 is 17.3 Å². The van der Waals surface area contributed by atoms with Gasteiger partial charge < -0.3 is 20.8 Å². The minimum Gasteiger partial charge on any atom is -0.478 e. The van der Waals surface area contributed by atoms with Crippen molar-refractivity contribution in [3.63, 3.8) is 0 Å². The lowest BCUT2D eigenvalue weighted by atomic mass is 10.1. The molecule has 0 saturated carbocycles. The van der Waals surface area contributed by atoms with Gasteiger partial charge in [0.2, 0.25) is 0 Å². The van der Waals surface area contributed by atoms with Crippen molar-refractivity contribution in [3.8, 4) is 0 Å². The average Bonchev–Trinajstić information content (AvgIpc) is 2.38. The SMILES string of the molecule is CC(C)(O)CN1CCN(c2cc(C(=O)O)ccc2N)CC1. The van der Waals surface area contributed by atoms with Crippen molar-refractivity contribution in [3.05, 3.63) is 23.8 Å². The van der Waals surface area contributed by atoms with E-state index in [1.165, 1.54) is 6.07 Å². The molecule has 6 heteroatoms. The average molecular weight is 293 g/mol. The molecule has 1 aliphatic rings. The molecule has 6 nitrogen and oxygen atoms in total. The summed E-state index contributed by atoms with van der Waals surface area (Å²) < 4.78 is 0. The predicted molar refractivity (Wildman–Crippen MR) is 82.8 cm³/mol. The van der Waals surface area contributed by atoms with Crippen LogP contribution in [0.5, 0.6) is 0 Å². The van der Waals surface area contributed by atoms with Crippen LogP contribution < -0.4 is 10.6 Å². The van der Waals surface area contributed by atoms with Gasteiger partial charge in [0.25, 0.3) is 0 Å². The van der Waals surface area contributed by atoms with Crippen molar-refractivity contribution in [1.29, 1.82) is 0 Å². The number of carboxylic acids is 1. The van der Waals surface area contributed by atoms with Gasteiger partial charge in [-0.3, -0.25) is 4.90 Å². The number of hydrogen-bond acceptors (Lipinski definition) is 5. The highest BCUT2D eigenvalue weighted by Crippen LogP contribution is 2.26. The first-order chi connectivity index (χ1) is 9.76. The Labute approximate surface area is 124 Å². The summed E-state index contributed by atoms with van der Waals surface area (Å²) in [6, 6.07) is 4.79. The third-order valence-electron chi connectivity index (χ3n) is 3.60. The molecule has 1 aliphatic heterocycles. The van der Waals surface area contributed by atoms with E-state index in [2.05, 4.69) is 9.80 Å². The van der Waals surface area contributed by atoms with Gasteiger partial charge in [-0.05, 0) is 32.0 Å². The fourth-order valence-corrected chi connectivity index (χ4v) is 2.64. The van der Waals surface area contributed by atoms with Gasteiger partial charge in [-0.15, -0.1) is 0 Å². The Kier molecular flexibility index (Phi) is 4.39. The summed E-state index contributed by atoms with van der Waals surface area (Å²) in [5.74, 6) is -0.947. The van der Waals surface area contributed by atoms with Crippen LogP contribution in [0.2, 0.25) is 0 Å². The fourth-order valence-electron chi connectivity index (χ4n) is 2.64. The summed E-state index contributed by atoms with van der Waals surface area (Å²) in [6.07, 6.45) is 0. The van der Waals surface area contributed by atoms with Gasteiger partial charge in [-0.1, -0.05) is 0 Å². The van der Waals surface area contributed by atoms with Crippen LogP contribution in [0.3, 0.4) is 0 Å². The number of piperazine rings is 1. The molecule has 0 unspecified atom stereocenters. The molecule has 0 amide bonds. The van der Waals surface area contributed by atoms with Gasteiger partial charge in [0.15, 0.2) is 0 Å². The molecule has 4 N–H and O–H groups in total. The molecule has 0 aliphatic carbocycles. The number of anilines is 2. The Hall–Kier alpha value is -1.79. The van der Waals surface area contributed by atoms with Crippen LogP contribution in [0.1, 0.15) is 24.2 Å². The second-order valence-electron chi connectivity index (χ2n) is 6.15. The van der Waals surface area contributed by atoms with Gasteiger partial charge in [0.1, 0.15) is 0 Å². The highest BCUT2D eigenvalue weighted by Gasteiger charge is 2.24. The molecule has 1 saturated heterocycles. The molecule has 0 bridgehead atoms. The first kappa shape index (κ1) is 15.6. The Morgan fingerprint density at radius 2 is 1.90 bits per heavy atom. The fraction of sp³-hybridized carbons (Fsp3) is 0.533. The molecular weight excluding hydrogens is 270 g/mol. The molecule has 1 aromatic rings. The monoisotopic (exact) mass is 293 g/mol. The van der Waals surface area contributed by atoms with E-state index in [0.717, 1.165) is 31.9 Å². The van der Waals surface area contributed by atoms with Crippen LogP contribution in [-0.4, -0.2) is 59.4 Å². The standard InChI is InChI=1S/C15H23N3O3/c1-15(2,21)10-17-5-7-18(8-6-17)13-9-11(14(19)20)3-4-12(13)16/h3-4,9,21H,5-8,10,16H2,1-2H3,(H,19,20). The summed E-state index contributed by atoms with van der Waals surface area (Å²) in [5.41, 5.74) is 6.88. The quantitative estimate of drug-likeness (QED) is 0.713. The van der Waals surface area contributed by atoms with Crippen molar-refractivity contribution in [1.82, 2.24) is 4.90 Å². The number of hydrogen-bond donors (Lipinski definition) is 3. The number of carbonyl (C=O) groups is 1. The number of nitrogens with zero attached hydrogens (tertiary/aromatic N) is 2. The number of aliphatic hydroxyl groups is 1. The smallest absolute Gasteiger partial charge is 0.335 e. The maximum atomic E-state index is 11.1. The van der Waals surface area contributed by atoms with Gasteiger partial charge in [0, 0.05) is 32.7 Å². The Balaban J connectivity index is 2.05. The molecule has 1 aromatic carbocycles. The van der Waals surface area contributed by atoms with Crippen molar-refractivity contribution in [2.75, 3.05) is 43.4 Å². The summed E-state index contributed by atoms with van der Waals surface area (Å²) in [7, 11) is 0. The second kappa shape index (κ2) is 5.91. The van der Waals surface area contributed by atoms with Crippen molar-refractivity contribution in [2.45, 2.75) is 19.4 Å². The summed E-state index contributed by atoms with van der Waals surface area (Å²) in [4.78, 5) is 15.4. The predicted octanol–water partition coefficient (Wildman–Crippen LogP) is 0.860. The maximum absolute atomic E-state index is 11.1. The molecule has 2 rings (SSSR count). The highest BCUT2D eigenvalue weighted by molar-refractivity contribution is 5.90. The van der Waals surface area contributed by atoms with E-state index in [1.807, 2.05) is 0 Å². The zero-order valence-corrected chi connectivity index (χ0v) is 12.5. The number of β-amino-alcohol motifs (C(OH)–C–C–N with tert-alkyl or cyclic N) is 1. The number of aromatic carboxylic acids is 1. The highest BCUT2D eigenvalue weighted by atomic mass is 16.4. The third kappa shape index (κ3) is 4.09. The molecule has 1 fully saturated rings. The number of nitrogen functional groups attached to an aromatic ring is 1. The lowest BCUT2D eigenvalue weighted by Gasteiger charge is -2.38. The normalized spacial score (nSPS) is 17.0. The molecule has 21 heavy (non-hydrogen) atoms. The van der Waals surface area contributed by atoms with E-state index in [4.69, 9.17) is 10.8 Å².